The number of nitrogens with one attached hydrogen (secondary N) is 1. The van der Waals surface area contributed by atoms with Gasteiger partial charge in [0.05, 0.1) is 6.10 Å². The lowest BCUT2D eigenvalue weighted by atomic mass is 10.2. The molecule has 120 valence electrons. The number of tetrazole rings is 1. The standard InChI is InChI=1S/C15H23N5OS/c1-12(2)21-14-7-4-6-13(10-14)11-16-8-5-9-22-15-17-18-19-20(15)3/h4,6-7,10,12,16H,5,8-9,11H2,1-3H3. The lowest BCUT2D eigenvalue weighted by molar-refractivity contribution is 0.242. The van der Waals surface area contributed by atoms with E-state index in [-0.39, 0.29) is 6.10 Å². The van der Waals surface area contributed by atoms with Crippen molar-refractivity contribution in [1.82, 2.24) is 25.5 Å². The van der Waals surface area contributed by atoms with Crippen molar-refractivity contribution >= 4 is 11.8 Å². The van der Waals surface area contributed by atoms with Crippen molar-refractivity contribution in [1.29, 1.82) is 0 Å². The molecule has 0 bridgehead atoms. The van der Waals surface area contributed by atoms with Crippen molar-refractivity contribution in [3.8, 4) is 5.75 Å². The molecule has 0 saturated carbocycles. The Morgan fingerprint density at radius 3 is 2.95 bits per heavy atom. The van der Waals surface area contributed by atoms with E-state index in [1.54, 1.807) is 16.4 Å². The number of thioether (sulfide) groups is 1. The Morgan fingerprint density at radius 2 is 2.23 bits per heavy atom. The van der Waals surface area contributed by atoms with Crippen molar-refractivity contribution in [2.75, 3.05) is 12.3 Å². The number of aryl methyl sites for hydroxylation is 1. The van der Waals surface area contributed by atoms with E-state index in [9.17, 15) is 0 Å². The van der Waals surface area contributed by atoms with E-state index < -0.39 is 0 Å². The molecule has 1 N–H and O–H groups in total. The average molecular weight is 321 g/mol. The fraction of sp³-hybridized carbons (Fsp3) is 0.533. The molecule has 2 aromatic rings. The molecule has 0 aliphatic carbocycles. The SMILES string of the molecule is CC(C)Oc1cccc(CNCCCSc2nnnn2C)c1. The van der Waals surface area contributed by atoms with Crippen LogP contribution in [0.1, 0.15) is 25.8 Å². The predicted octanol–water partition coefficient (Wildman–Crippen LogP) is 2.27. The van der Waals surface area contributed by atoms with E-state index in [4.69, 9.17) is 4.74 Å². The van der Waals surface area contributed by atoms with E-state index in [1.165, 1.54) is 5.56 Å². The molecule has 7 heteroatoms. The minimum Gasteiger partial charge on any atom is -0.491 e. The molecule has 1 aromatic carbocycles. The van der Waals surface area contributed by atoms with Gasteiger partial charge in [0.15, 0.2) is 0 Å². The quantitative estimate of drug-likeness (QED) is 0.564. The number of hydrogen-bond acceptors (Lipinski definition) is 6. The molecular formula is C15H23N5OS. The van der Waals surface area contributed by atoms with Crippen LogP contribution < -0.4 is 10.1 Å². The second kappa shape index (κ2) is 8.75. The van der Waals surface area contributed by atoms with Crippen LogP contribution in [0.3, 0.4) is 0 Å². The van der Waals surface area contributed by atoms with Crippen LogP contribution in [0.2, 0.25) is 0 Å². The maximum absolute atomic E-state index is 5.70. The van der Waals surface area contributed by atoms with E-state index in [1.807, 2.05) is 33.0 Å². The maximum atomic E-state index is 5.70. The molecule has 0 atom stereocenters. The van der Waals surface area contributed by atoms with Gasteiger partial charge >= 0.3 is 0 Å². The van der Waals surface area contributed by atoms with Crippen LogP contribution in [0.4, 0.5) is 0 Å². The van der Waals surface area contributed by atoms with E-state index in [2.05, 4.69) is 33.0 Å². The number of ether oxygens (including phenoxy) is 1. The Hall–Kier alpha value is -1.60. The Bertz CT molecular complexity index is 573. The molecule has 2 rings (SSSR count). The van der Waals surface area contributed by atoms with Crippen LogP contribution in [0.5, 0.6) is 5.75 Å². The molecule has 0 unspecified atom stereocenters. The first-order valence-corrected chi connectivity index (χ1v) is 8.45. The number of benzene rings is 1. The van der Waals surface area contributed by atoms with Crippen LogP contribution in [-0.4, -0.2) is 38.6 Å². The van der Waals surface area contributed by atoms with Gasteiger partial charge < -0.3 is 10.1 Å². The van der Waals surface area contributed by atoms with Gasteiger partial charge in [-0.1, -0.05) is 23.9 Å². The van der Waals surface area contributed by atoms with Crippen molar-refractivity contribution < 1.29 is 4.74 Å². The summed E-state index contributed by atoms with van der Waals surface area (Å²) in [6.45, 7) is 5.89. The topological polar surface area (TPSA) is 64.9 Å². The van der Waals surface area contributed by atoms with Gasteiger partial charge in [-0.2, -0.15) is 0 Å². The highest BCUT2D eigenvalue weighted by Crippen LogP contribution is 2.15. The van der Waals surface area contributed by atoms with Gasteiger partial charge in [-0.3, -0.25) is 0 Å². The summed E-state index contributed by atoms with van der Waals surface area (Å²) in [4.78, 5) is 0. The lowest BCUT2D eigenvalue weighted by Gasteiger charge is -2.11. The van der Waals surface area contributed by atoms with Crippen molar-refractivity contribution in [3.63, 3.8) is 0 Å². The normalized spacial score (nSPS) is 11.1. The fourth-order valence-corrected chi connectivity index (χ4v) is 2.73. The van der Waals surface area contributed by atoms with Crippen molar-refractivity contribution in [3.05, 3.63) is 29.8 Å². The van der Waals surface area contributed by atoms with Crippen LogP contribution in [0, 0.1) is 0 Å². The molecule has 0 saturated heterocycles. The highest BCUT2D eigenvalue weighted by Gasteiger charge is 2.02. The maximum Gasteiger partial charge on any atom is 0.209 e. The predicted molar refractivity (Wildman–Crippen MR) is 88.1 cm³/mol. The first kappa shape index (κ1) is 16.8. The summed E-state index contributed by atoms with van der Waals surface area (Å²) in [5.41, 5.74) is 1.24. The molecule has 0 spiro atoms. The van der Waals surface area contributed by atoms with Crippen molar-refractivity contribution in [2.24, 2.45) is 7.05 Å². The van der Waals surface area contributed by atoms with Crippen LogP contribution >= 0.6 is 11.8 Å². The summed E-state index contributed by atoms with van der Waals surface area (Å²) in [5.74, 6) is 1.93. The zero-order valence-electron chi connectivity index (χ0n) is 13.3. The van der Waals surface area contributed by atoms with E-state index in [0.29, 0.717) is 0 Å². The van der Waals surface area contributed by atoms with Gasteiger partial charge in [-0.05, 0) is 54.9 Å². The number of hydrogen-bond donors (Lipinski definition) is 1. The molecule has 0 radical (unpaired) electrons. The van der Waals surface area contributed by atoms with Crippen LogP contribution in [-0.2, 0) is 13.6 Å². The molecule has 0 fully saturated rings. The summed E-state index contributed by atoms with van der Waals surface area (Å²) in [6, 6.07) is 8.23. The molecule has 0 amide bonds. The van der Waals surface area contributed by atoms with E-state index in [0.717, 1.165) is 36.2 Å². The van der Waals surface area contributed by atoms with Gasteiger partial charge in [0.1, 0.15) is 5.75 Å². The van der Waals surface area contributed by atoms with Gasteiger partial charge in [0, 0.05) is 19.3 Å². The van der Waals surface area contributed by atoms with Crippen LogP contribution in [0.15, 0.2) is 29.4 Å². The monoisotopic (exact) mass is 321 g/mol. The third-order valence-electron chi connectivity index (χ3n) is 2.91. The lowest BCUT2D eigenvalue weighted by Crippen LogP contribution is -2.15. The summed E-state index contributed by atoms with van der Waals surface area (Å²) in [6.07, 6.45) is 1.27. The summed E-state index contributed by atoms with van der Waals surface area (Å²) in [5, 5.41) is 15.7. The third-order valence-corrected chi connectivity index (χ3v) is 4.01. The second-order valence-electron chi connectivity index (χ2n) is 5.28. The molecule has 0 aliphatic heterocycles. The average Bonchev–Trinajstić information content (AvgIpc) is 2.88. The summed E-state index contributed by atoms with van der Waals surface area (Å²) < 4.78 is 7.39. The highest BCUT2D eigenvalue weighted by molar-refractivity contribution is 7.99. The largest absolute Gasteiger partial charge is 0.491 e. The Kier molecular flexibility index (Phi) is 6.67. The molecule has 1 heterocycles. The first-order chi connectivity index (χ1) is 10.6. The Balaban J connectivity index is 1.63. The fourth-order valence-electron chi connectivity index (χ4n) is 1.94. The molecule has 1 aromatic heterocycles. The smallest absolute Gasteiger partial charge is 0.209 e. The summed E-state index contributed by atoms with van der Waals surface area (Å²) in [7, 11) is 1.85. The summed E-state index contributed by atoms with van der Waals surface area (Å²) >= 11 is 1.68. The highest BCUT2D eigenvalue weighted by atomic mass is 32.2. The third kappa shape index (κ3) is 5.65. The number of rotatable bonds is 9. The second-order valence-corrected chi connectivity index (χ2v) is 6.34. The first-order valence-electron chi connectivity index (χ1n) is 7.46. The van der Waals surface area contributed by atoms with Gasteiger partial charge in [0.25, 0.3) is 0 Å². The minimum atomic E-state index is 0.204. The van der Waals surface area contributed by atoms with Crippen LogP contribution in [0.25, 0.3) is 0 Å². The van der Waals surface area contributed by atoms with Gasteiger partial charge in [0.2, 0.25) is 5.16 Å². The Morgan fingerprint density at radius 1 is 1.36 bits per heavy atom. The Labute approximate surface area is 135 Å². The molecule has 22 heavy (non-hydrogen) atoms. The molecule has 6 nitrogen and oxygen atoms in total. The molecule has 0 aliphatic rings. The number of aromatic nitrogens is 4. The van der Waals surface area contributed by atoms with Gasteiger partial charge in [-0.15, -0.1) is 5.10 Å². The molecular weight excluding hydrogens is 298 g/mol. The zero-order valence-corrected chi connectivity index (χ0v) is 14.1. The minimum absolute atomic E-state index is 0.204. The van der Waals surface area contributed by atoms with Crippen molar-refractivity contribution in [2.45, 2.75) is 38.1 Å². The number of nitrogens with zero attached hydrogens (tertiary/aromatic N) is 4. The van der Waals surface area contributed by atoms with Gasteiger partial charge in [-0.25, -0.2) is 4.68 Å². The van der Waals surface area contributed by atoms with E-state index >= 15 is 0 Å². The zero-order chi connectivity index (χ0) is 15.8.